The van der Waals surface area contributed by atoms with Gasteiger partial charge in [-0.3, -0.25) is 24.2 Å². The number of hydrogen-bond acceptors (Lipinski definition) is 5. The number of benzene rings is 1. The summed E-state index contributed by atoms with van der Waals surface area (Å²) < 4.78 is 2.18. The summed E-state index contributed by atoms with van der Waals surface area (Å²) in [7, 11) is 0. The summed E-state index contributed by atoms with van der Waals surface area (Å²) >= 11 is 0. The monoisotopic (exact) mass is 409 g/mol. The SMILES string of the molecule is CC(C)c1nccn1CCN1CCN(C(=O)CN2C(=O)c3ccccc3C2=O)CC1. The summed E-state index contributed by atoms with van der Waals surface area (Å²) in [6.45, 7) is 8.60. The Bertz CT molecular complexity index is 924. The summed E-state index contributed by atoms with van der Waals surface area (Å²) in [6.07, 6.45) is 3.85. The molecule has 2 aliphatic rings. The number of aromatic nitrogens is 2. The van der Waals surface area contributed by atoms with Crippen molar-refractivity contribution in [2.24, 2.45) is 0 Å². The lowest BCUT2D eigenvalue weighted by Crippen LogP contribution is -2.52. The third-order valence-electron chi connectivity index (χ3n) is 5.82. The van der Waals surface area contributed by atoms with Gasteiger partial charge in [-0.05, 0) is 12.1 Å². The normalized spacial score (nSPS) is 17.2. The van der Waals surface area contributed by atoms with E-state index in [9.17, 15) is 14.4 Å². The van der Waals surface area contributed by atoms with E-state index in [4.69, 9.17) is 0 Å². The van der Waals surface area contributed by atoms with Gasteiger partial charge >= 0.3 is 0 Å². The fourth-order valence-electron chi connectivity index (χ4n) is 4.10. The van der Waals surface area contributed by atoms with Crippen LogP contribution in [0.25, 0.3) is 0 Å². The predicted molar refractivity (Wildman–Crippen MR) is 111 cm³/mol. The third-order valence-corrected chi connectivity index (χ3v) is 5.82. The summed E-state index contributed by atoms with van der Waals surface area (Å²) in [5.74, 6) is 0.523. The van der Waals surface area contributed by atoms with Gasteiger partial charge in [0.15, 0.2) is 0 Å². The molecule has 0 bridgehead atoms. The highest BCUT2D eigenvalue weighted by Crippen LogP contribution is 2.22. The highest BCUT2D eigenvalue weighted by molar-refractivity contribution is 6.22. The zero-order chi connectivity index (χ0) is 21.3. The van der Waals surface area contributed by atoms with Gasteiger partial charge in [-0.2, -0.15) is 0 Å². The Morgan fingerprint density at radius 1 is 1.00 bits per heavy atom. The summed E-state index contributed by atoms with van der Waals surface area (Å²) in [5, 5.41) is 0. The Morgan fingerprint density at radius 2 is 1.63 bits per heavy atom. The minimum Gasteiger partial charge on any atom is -0.339 e. The van der Waals surface area contributed by atoms with Crippen LogP contribution in [0.15, 0.2) is 36.7 Å². The molecule has 3 heterocycles. The molecule has 3 amide bonds. The van der Waals surface area contributed by atoms with Crippen LogP contribution in [-0.4, -0.2) is 81.2 Å². The molecule has 8 heteroatoms. The second-order valence-corrected chi connectivity index (χ2v) is 8.10. The minimum atomic E-state index is -0.385. The van der Waals surface area contributed by atoms with Crippen LogP contribution < -0.4 is 0 Å². The molecule has 8 nitrogen and oxygen atoms in total. The predicted octanol–water partition coefficient (Wildman–Crippen LogP) is 1.45. The molecule has 0 saturated carbocycles. The summed E-state index contributed by atoms with van der Waals surface area (Å²) in [4.78, 5) is 47.2. The van der Waals surface area contributed by atoms with Gasteiger partial charge < -0.3 is 9.47 Å². The Balaban J connectivity index is 1.27. The molecule has 1 aromatic carbocycles. The maximum atomic E-state index is 12.7. The van der Waals surface area contributed by atoms with Gasteiger partial charge in [-0.25, -0.2) is 4.98 Å². The number of imidazole rings is 1. The van der Waals surface area contributed by atoms with Crippen molar-refractivity contribution in [2.75, 3.05) is 39.3 Å². The van der Waals surface area contributed by atoms with Crippen LogP contribution in [-0.2, 0) is 11.3 Å². The fourth-order valence-corrected chi connectivity index (χ4v) is 4.10. The quantitative estimate of drug-likeness (QED) is 0.675. The first-order chi connectivity index (χ1) is 14.5. The van der Waals surface area contributed by atoms with Gasteiger partial charge in [0.1, 0.15) is 12.4 Å². The molecular formula is C22H27N5O3. The first-order valence-corrected chi connectivity index (χ1v) is 10.4. The van der Waals surface area contributed by atoms with Gasteiger partial charge in [0.2, 0.25) is 5.91 Å². The third kappa shape index (κ3) is 3.87. The largest absolute Gasteiger partial charge is 0.339 e. The number of amides is 3. The van der Waals surface area contributed by atoms with E-state index in [1.54, 1.807) is 29.2 Å². The maximum Gasteiger partial charge on any atom is 0.262 e. The Kier molecular flexibility index (Phi) is 5.67. The van der Waals surface area contributed by atoms with Crippen molar-refractivity contribution < 1.29 is 14.4 Å². The number of carbonyl (C=O) groups is 3. The number of nitrogens with zero attached hydrogens (tertiary/aromatic N) is 5. The van der Waals surface area contributed by atoms with Gasteiger partial charge in [0.25, 0.3) is 11.8 Å². The van der Waals surface area contributed by atoms with Crippen LogP contribution in [0.2, 0.25) is 0 Å². The van der Waals surface area contributed by atoms with Crippen LogP contribution in [0, 0.1) is 0 Å². The van der Waals surface area contributed by atoms with Crippen LogP contribution >= 0.6 is 0 Å². The lowest BCUT2D eigenvalue weighted by Gasteiger charge is -2.35. The smallest absolute Gasteiger partial charge is 0.262 e. The van der Waals surface area contributed by atoms with Crippen LogP contribution in [0.3, 0.4) is 0 Å². The summed E-state index contributed by atoms with van der Waals surface area (Å²) in [5.41, 5.74) is 0.751. The highest BCUT2D eigenvalue weighted by Gasteiger charge is 2.37. The first kappa shape index (κ1) is 20.3. The number of fused-ring (bicyclic) bond motifs is 1. The second-order valence-electron chi connectivity index (χ2n) is 8.10. The number of rotatable bonds is 6. The highest BCUT2D eigenvalue weighted by atomic mass is 16.2. The Morgan fingerprint density at radius 3 is 2.23 bits per heavy atom. The molecule has 4 rings (SSSR count). The van der Waals surface area contributed by atoms with E-state index < -0.39 is 0 Å². The van der Waals surface area contributed by atoms with Gasteiger partial charge in [0, 0.05) is 57.6 Å². The Labute approximate surface area is 176 Å². The molecule has 0 N–H and O–H groups in total. The van der Waals surface area contributed by atoms with E-state index in [-0.39, 0.29) is 24.3 Å². The molecule has 30 heavy (non-hydrogen) atoms. The minimum absolute atomic E-state index is 0.180. The van der Waals surface area contributed by atoms with E-state index in [2.05, 4.69) is 28.3 Å². The molecule has 2 aliphatic heterocycles. The van der Waals surface area contributed by atoms with Crippen molar-refractivity contribution in [3.63, 3.8) is 0 Å². The van der Waals surface area contributed by atoms with Gasteiger partial charge in [-0.1, -0.05) is 26.0 Å². The molecule has 0 spiro atoms. The van der Waals surface area contributed by atoms with Crippen molar-refractivity contribution in [1.82, 2.24) is 24.3 Å². The van der Waals surface area contributed by atoms with Crippen molar-refractivity contribution in [1.29, 1.82) is 0 Å². The van der Waals surface area contributed by atoms with E-state index in [0.29, 0.717) is 30.1 Å². The molecule has 2 aromatic rings. The lowest BCUT2D eigenvalue weighted by molar-refractivity contribution is -0.133. The molecule has 0 atom stereocenters. The molecule has 0 aliphatic carbocycles. The zero-order valence-corrected chi connectivity index (χ0v) is 17.5. The van der Waals surface area contributed by atoms with Crippen LogP contribution in [0.1, 0.15) is 46.3 Å². The van der Waals surface area contributed by atoms with E-state index in [0.717, 1.165) is 36.9 Å². The maximum absolute atomic E-state index is 12.7. The number of carbonyl (C=O) groups excluding carboxylic acids is 3. The topological polar surface area (TPSA) is 78.8 Å². The van der Waals surface area contributed by atoms with E-state index in [1.165, 1.54) is 0 Å². The molecular weight excluding hydrogens is 382 g/mol. The van der Waals surface area contributed by atoms with Gasteiger partial charge in [0.05, 0.1) is 11.1 Å². The lowest BCUT2D eigenvalue weighted by atomic mass is 10.1. The van der Waals surface area contributed by atoms with Crippen molar-refractivity contribution >= 4 is 17.7 Å². The standard InChI is InChI=1S/C22H27N5O3/c1-16(2)20-23-7-8-26(20)14-11-24-9-12-25(13-10-24)19(28)15-27-21(29)17-5-3-4-6-18(17)22(27)30/h3-8,16H,9-15H2,1-2H3. The molecule has 1 aromatic heterocycles. The summed E-state index contributed by atoms with van der Waals surface area (Å²) in [6, 6.07) is 6.71. The average molecular weight is 409 g/mol. The van der Waals surface area contributed by atoms with Crippen LogP contribution in [0.5, 0.6) is 0 Å². The average Bonchev–Trinajstić information content (AvgIpc) is 3.32. The molecule has 0 unspecified atom stereocenters. The Hall–Kier alpha value is -3.00. The van der Waals surface area contributed by atoms with Gasteiger partial charge in [-0.15, -0.1) is 0 Å². The van der Waals surface area contributed by atoms with E-state index in [1.807, 2.05) is 12.4 Å². The molecule has 0 radical (unpaired) electrons. The zero-order valence-electron chi connectivity index (χ0n) is 17.5. The van der Waals surface area contributed by atoms with E-state index >= 15 is 0 Å². The van der Waals surface area contributed by atoms with Crippen LogP contribution in [0.4, 0.5) is 0 Å². The van der Waals surface area contributed by atoms with Crippen molar-refractivity contribution in [2.45, 2.75) is 26.3 Å². The van der Waals surface area contributed by atoms with Crippen molar-refractivity contribution in [3.05, 3.63) is 53.6 Å². The number of hydrogen-bond donors (Lipinski definition) is 0. The van der Waals surface area contributed by atoms with Crippen molar-refractivity contribution in [3.8, 4) is 0 Å². The number of imide groups is 1. The molecule has 1 saturated heterocycles. The molecule has 1 fully saturated rings. The second kappa shape index (κ2) is 8.39. The fraction of sp³-hybridized carbons (Fsp3) is 0.455. The number of piperazine rings is 1. The first-order valence-electron chi connectivity index (χ1n) is 10.4. The molecule has 158 valence electrons.